The van der Waals surface area contributed by atoms with Crippen LogP contribution in [0.25, 0.3) is 0 Å². The van der Waals surface area contributed by atoms with E-state index in [0.717, 1.165) is 19.3 Å². The van der Waals surface area contributed by atoms with Crippen LogP contribution in [0.4, 0.5) is 0 Å². The fraction of sp³-hybridized carbons (Fsp3) is 1.00. The molecule has 0 radical (unpaired) electrons. The van der Waals surface area contributed by atoms with E-state index in [1.54, 1.807) is 4.90 Å². The SMILES string of the molecule is C1CC[C@H](C[NH+]2CCOCC2)[NH2+]C1. The number of morpholine rings is 1. The van der Waals surface area contributed by atoms with Crippen LogP contribution >= 0.6 is 0 Å². The van der Waals surface area contributed by atoms with Gasteiger partial charge in [-0.15, -0.1) is 0 Å². The number of rotatable bonds is 2. The summed E-state index contributed by atoms with van der Waals surface area (Å²) in [6.45, 7) is 7.12. The van der Waals surface area contributed by atoms with E-state index in [9.17, 15) is 0 Å². The van der Waals surface area contributed by atoms with Crippen molar-refractivity contribution >= 4 is 0 Å². The molecule has 2 fully saturated rings. The second-order valence-electron chi connectivity index (χ2n) is 4.35. The smallest absolute Gasteiger partial charge is 0.135 e. The van der Waals surface area contributed by atoms with Crippen LogP contribution in [0.2, 0.25) is 0 Å². The molecule has 0 aromatic carbocycles. The standard InChI is InChI=1S/C10H20N2O/c1-2-4-11-10(3-1)9-12-5-7-13-8-6-12/h10-11H,1-9H2/p+2/t10-/m1/s1. The summed E-state index contributed by atoms with van der Waals surface area (Å²) in [7, 11) is 0. The number of nitrogens with two attached hydrogens (primary N) is 1. The van der Waals surface area contributed by atoms with E-state index in [1.165, 1.54) is 45.4 Å². The van der Waals surface area contributed by atoms with E-state index in [-0.39, 0.29) is 0 Å². The van der Waals surface area contributed by atoms with Crippen molar-refractivity contribution in [3.05, 3.63) is 0 Å². The van der Waals surface area contributed by atoms with Gasteiger partial charge in [0.25, 0.3) is 0 Å². The number of ether oxygens (including phenoxy) is 1. The van der Waals surface area contributed by atoms with Gasteiger partial charge in [0.1, 0.15) is 25.7 Å². The van der Waals surface area contributed by atoms with Crippen LogP contribution in [0.3, 0.4) is 0 Å². The third kappa shape index (κ3) is 2.93. The van der Waals surface area contributed by atoms with E-state index >= 15 is 0 Å². The first-order chi connectivity index (χ1) is 6.45. The molecule has 0 saturated carbocycles. The molecule has 0 aromatic heterocycles. The van der Waals surface area contributed by atoms with Gasteiger partial charge in [-0.05, 0) is 12.8 Å². The molecule has 3 heteroatoms. The Balaban J connectivity index is 1.69. The number of hydrogen-bond donors (Lipinski definition) is 2. The third-order valence-corrected chi connectivity index (χ3v) is 3.28. The lowest BCUT2D eigenvalue weighted by Crippen LogP contribution is -3.18. The van der Waals surface area contributed by atoms with Gasteiger partial charge in [-0.2, -0.15) is 0 Å². The number of hydrogen-bond acceptors (Lipinski definition) is 1. The predicted octanol–water partition coefficient (Wildman–Crippen LogP) is -1.98. The first-order valence-corrected chi connectivity index (χ1v) is 5.70. The maximum absolute atomic E-state index is 5.36. The Hall–Kier alpha value is -0.120. The van der Waals surface area contributed by atoms with Crippen molar-refractivity contribution in [1.29, 1.82) is 0 Å². The lowest BCUT2D eigenvalue weighted by atomic mass is 10.0. The summed E-state index contributed by atoms with van der Waals surface area (Å²) in [4.78, 5) is 1.76. The lowest BCUT2D eigenvalue weighted by Gasteiger charge is -2.28. The Labute approximate surface area is 80.4 Å². The number of nitrogens with one attached hydrogen (secondary N) is 1. The second-order valence-corrected chi connectivity index (χ2v) is 4.35. The summed E-state index contributed by atoms with van der Waals surface area (Å²) in [6, 6.07) is 0.904. The van der Waals surface area contributed by atoms with Gasteiger partial charge in [0, 0.05) is 6.42 Å². The van der Waals surface area contributed by atoms with Crippen molar-refractivity contribution in [1.82, 2.24) is 0 Å². The Kier molecular flexibility index (Phi) is 3.58. The molecule has 0 aliphatic carbocycles. The summed E-state index contributed by atoms with van der Waals surface area (Å²) >= 11 is 0. The minimum atomic E-state index is 0.904. The van der Waals surface area contributed by atoms with E-state index in [4.69, 9.17) is 4.74 Å². The molecule has 0 amide bonds. The summed E-state index contributed by atoms with van der Waals surface area (Å²) in [5, 5.41) is 2.55. The molecule has 0 spiro atoms. The monoisotopic (exact) mass is 186 g/mol. The summed E-state index contributed by atoms with van der Waals surface area (Å²) < 4.78 is 5.36. The van der Waals surface area contributed by atoms with Gasteiger partial charge in [0.2, 0.25) is 0 Å². The average Bonchev–Trinajstić information content (AvgIpc) is 2.21. The van der Waals surface area contributed by atoms with Crippen LogP contribution in [-0.2, 0) is 4.74 Å². The summed E-state index contributed by atoms with van der Waals surface area (Å²) in [6.07, 6.45) is 4.31. The average molecular weight is 186 g/mol. The second kappa shape index (κ2) is 4.94. The van der Waals surface area contributed by atoms with Crippen LogP contribution in [0, 0.1) is 0 Å². The number of piperidine rings is 1. The molecule has 3 N–H and O–H groups in total. The maximum atomic E-state index is 5.36. The largest absolute Gasteiger partial charge is 0.370 e. The van der Waals surface area contributed by atoms with Crippen LogP contribution in [0.5, 0.6) is 0 Å². The van der Waals surface area contributed by atoms with Crippen molar-refractivity contribution in [2.75, 3.05) is 39.4 Å². The fourth-order valence-electron chi connectivity index (χ4n) is 2.44. The van der Waals surface area contributed by atoms with E-state index in [0.29, 0.717) is 0 Å². The molecule has 0 aromatic rings. The minimum absolute atomic E-state index is 0.904. The first kappa shape index (κ1) is 9.44. The molecule has 1 atom stereocenters. The van der Waals surface area contributed by atoms with Gasteiger partial charge in [-0.25, -0.2) is 0 Å². The molecule has 76 valence electrons. The molecule has 0 bridgehead atoms. The van der Waals surface area contributed by atoms with Crippen molar-refractivity contribution in [3.63, 3.8) is 0 Å². The zero-order valence-electron chi connectivity index (χ0n) is 8.43. The zero-order chi connectivity index (χ0) is 8.93. The van der Waals surface area contributed by atoms with Crippen molar-refractivity contribution in [2.24, 2.45) is 0 Å². The Morgan fingerprint density at radius 1 is 1.23 bits per heavy atom. The van der Waals surface area contributed by atoms with Gasteiger partial charge >= 0.3 is 0 Å². The Morgan fingerprint density at radius 2 is 2.08 bits per heavy atom. The summed E-state index contributed by atoms with van der Waals surface area (Å²) in [5.41, 5.74) is 0. The van der Waals surface area contributed by atoms with Gasteiger partial charge in [0.05, 0.1) is 19.8 Å². The predicted molar refractivity (Wildman–Crippen MR) is 50.8 cm³/mol. The van der Waals surface area contributed by atoms with Gasteiger partial charge < -0.3 is 15.0 Å². The lowest BCUT2D eigenvalue weighted by molar-refractivity contribution is -0.927. The van der Waals surface area contributed by atoms with Gasteiger partial charge in [-0.1, -0.05) is 0 Å². The third-order valence-electron chi connectivity index (χ3n) is 3.28. The number of quaternary nitrogens is 2. The molecule has 13 heavy (non-hydrogen) atoms. The van der Waals surface area contributed by atoms with Crippen molar-refractivity contribution in [3.8, 4) is 0 Å². The van der Waals surface area contributed by atoms with Crippen LogP contribution in [0.15, 0.2) is 0 Å². The van der Waals surface area contributed by atoms with Crippen LogP contribution < -0.4 is 10.2 Å². The zero-order valence-corrected chi connectivity index (χ0v) is 8.43. The van der Waals surface area contributed by atoms with Gasteiger partial charge in [0.15, 0.2) is 0 Å². The normalized spacial score (nSPS) is 31.8. The highest BCUT2D eigenvalue weighted by atomic mass is 16.5. The topological polar surface area (TPSA) is 30.3 Å². The molecule has 2 rings (SSSR count). The first-order valence-electron chi connectivity index (χ1n) is 5.70. The quantitative estimate of drug-likeness (QED) is 0.514. The Bertz CT molecular complexity index is 124. The van der Waals surface area contributed by atoms with E-state index in [1.807, 2.05) is 0 Å². The molecule has 2 aliphatic heterocycles. The van der Waals surface area contributed by atoms with Crippen LogP contribution in [-0.4, -0.2) is 45.4 Å². The molecule has 2 heterocycles. The van der Waals surface area contributed by atoms with Crippen molar-refractivity contribution < 1.29 is 15.0 Å². The molecular weight excluding hydrogens is 164 g/mol. The molecule has 0 unspecified atom stereocenters. The van der Waals surface area contributed by atoms with E-state index < -0.39 is 0 Å². The van der Waals surface area contributed by atoms with Crippen LogP contribution in [0.1, 0.15) is 19.3 Å². The Morgan fingerprint density at radius 3 is 2.77 bits per heavy atom. The van der Waals surface area contributed by atoms with Crippen molar-refractivity contribution in [2.45, 2.75) is 25.3 Å². The highest BCUT2D eigenvalue weighted by molar-refractivity contribution is 4.57. The molecule has 2 saturated heterocycles. The maximum Gasteiger partial charge on any atom is 0.135 e. The van der Waals surface area contributed by atoms with E-state index in [2.05, 4.69) is 5.32 Å². The molecule has 3 nitrogen and oxygen atoms in total. The summed E-state index contributed by atoms with van der Waals surface area (Å²) in [5.74, 6) is 0. The fourth-order valence-corrected chi connectivity index (χ4v) is 2.44. The molecular formula is C10H22N2O+2. The highest BCUT2D eigenvalue weighted by Crippen LogP contribution is 1.99. The highest BCUT2D eigenvalue weighted by Gasteiger charge is 2.23. The molecule has 2 aliphatic rings. The van der Waals surface area contributed by atoms with Gasteiger partial charge in [-0.3, -0.25) is 0 Å². The minimum Gasteiger partial charge on any atom is -0.370 e.